The molecule has 4 aliphatic rings. The van der Waals surface area contributed by atoms with Crippen molar-refractivity contribution >= 4 is 0 Å². The van der Waals surface area contributed by atoms with Crippen LogP contribution in [-0.4, -0.2) is 227 Å². The molecule has 11 N–H and O–H groups in total. The molecule has 0 radical (unpaired) electrons. The van der Waals surface area contributed by atoms with Gasteiger partial charge in [-0.15, -0.1) is 0 Å². The third-order valence-electron chi connectivity index (χ3n) is 9.46. The van der Waals surface area contributed by atoms with Crippen molar-refractivity contribution in [2.75, 3.05) is 48.3 Å². The summed E-state index contributed by atoms with van der Waals surface area (Å²) in [6, 6.07) is 0. The fraction of sp³-hybridized carbons (Fsp3) is 1.00. The highest BCUT2D eigenvalue weighted by Crippen LogP contribution is 2.25. The van der Waals surface area contributed by atoms with Crippen molar-refractivity contribution in [1.82, 2.24) is 0 Å². The Bertz CT molecular complexity index is 831. The van der Waals surface area contributed by atoms with E-state index in [-0.39, 0.29) is 39.5 Å². The van der Waals surface area contributed by atoms with Crippen LogP contribution in [0, 0.1) is 0 Å². The Balaban J connectivity index is 0.000000663. The van der Waals surface area contributed by atoms with E-state index < -0.39 is 110 Å². The average molecular weight is 769 g/mol. The molecular weight excluding hydrogens is 700 g/mol. The lowest BCUT2D eigenvalue weighted by atomic mass is 9.96. The second-order valence-electron chi connectivity index (χ2n) is 13.0. The molecule has 314 valence electrons. The third kappa shape index (κ3) is 13.2. The maximum Gasteiger partial charge on any atom is 0.114 e. The van der Waals surface area contributed by atoms with Crippen molar-refractivity contribution < 1.29 is 94.1 Å². The van der Waals surface area contributed by atoms with E-state index in [1.54, 1.807) is 27.7 Å². The number of hydrogen-bond acceptors (Lipinski definition) is 19. The van der Waals surface area contributed by atoms with Gasteiger partial charge in [-0.1, -0.05) is 7.43 Å². The van der Waals surface area contributed by atoms with Crippen LogP contribution in [0.4, 0.5) is 0 Å². The molecule has 0 aromatic rings. The first-order valence-electron chi connectivity index (χ1n) is 16.9. The largest absolute Gasteiger partial charge is 0.394 e. The summed E-state index contributed by atoms with van der Waals surface area (Å²) < 4.78 is 40.8. The van der Waals surface area contributed by atoms with Crippen molar-refractivity contribution in [3.8, 4) is 0 Å². The standard InChI is InChI=1S/3C8H16O5.C8H16O4.CH4/c3*1-4-6(10)7(11)8(12-2)5(3-9)13-4;1-4-6(9)7(10)8(11-3)5(2)12-4;/h3*4-11H,3H2,1-2H3;4-10H,1-3H3;1H4/t4-,5?,6?,7-,8+;3*4-,5?,6?,7-,8-;/m1111./s1. The van der Waals surface area contributed by atoms with Gasteiger partial charge < -0.3 is 94.1 Å². The summed E-state index contributed by atoms with van der Waals surface area (Å²) >= 11 is 0. The molecule has 0 aromatic carbocycles. The molecule has 4 fully saturated rings. The van der Waals surface area contributed by atoms with Crippen molar-refractivity contribution in [2.24, 2.45) is 0 Å². The minimum Gasteiger partial charge on any atom is -0.394 e. The Morgan fingerprint density at radius 2 is 0.558 bits per heavy atom. The van der Waals surface area contributed by atoms with Crippen LogP contribution in [0.3, 0.4) is 0 Å². The minimum absolute atomic E-state index is 0. The first-order chi connectivity index (χ1) is 23.9. The fourth-order valence-corrected chi connectivity index (χ4v) is 6.27. The molecule has 52 heavy (non-hydrogen) atoms. The molecule has 0 spiro atoms. The van der Waals surface area contributed by atoms with Gasteiger partial charge in [-0.25, -0.2) is 0 Å². The Hall–Kier alpha value is -0.760. The van der Waals surface area contributed by atoms with Crippen LogP contribution >= 0.6 is 0 Å². The van der Waals surface area contributed by atoms with E-state index in [9.17, 15) is 40.9 Å². The van der Waals surface area contributed by atoms with Crippen LogP contribution in [0.2, 0.25) is 0 Å². The fourth-order valence-electron chi connectivity index (χ4n) is 6.27. The minimum atomic E-state index is -1.01. The number of rotatable bonds is 7. The van der Waals surface area contributed by atoms with Crippen LogP contribution < -0.4 is 0 Å². The Labute approximate surface area is 306 Å². The van der Waals surface area contributed by atoms with E-state index in [1.807, 2.05) is 6.92 Å². The first kappa shape index (κ1) is 51.2. The van der Waals surface area contributed by atoms with Crippen LogP contribution in [-0.2, 0) is 37.9 Å². The quantitative estimate of drug-likeness (QED) is 0.117. The summed E-state index contributed by atoms with van der Waals surface area (Å²) in [4.78, 5) is 0. The van der Waals surface area contributed by atoms with Crippen LogP contribution in [0.1, 0.15) is 42.0 Å². The van der Waals surface area contributed by atoms with Crippen LogP contribution in [0.5, 0.6) is 0 Å². The molecule has 4 saturated heterocycles. The lowest BCUT2D eigenvalue weighted by molar-refractivity contribution is -0.231. The molecule has 19 heteroatoms. The number of aliphatic hydroxyl groups excluding tert-OH is 11. The lowest BCUT2D eigenvalue weighted by Crippen LogP contribution is -2.58. The highest BCUT2D eigenvalue weighted by molar-refractivity contribution is 4.93. The molecule has 0 saturated carbocycles. The van der Waals surface area contributed by atoms with Gasteiger partial charge in [0.05, 0.1) is 50.3 Å². The summed E-state index contributed by atoms with van der Waals surface area (Å²) in [7, 11) is 5.71. The number of ether oxygens (including phenoxy) is 8. The van der Waals surface area contributed by atoms with Gasteiger partial charge >= 0.3 is 0 Å². The third-order valence-corrected chi connectivity index (χ3v) is 9.46. The van der Waals surface area contributed by atoms with Crippen LogP contribution in [0.25, 0.3) is 0 Å². The topological polar surface area (TPSA) is 296 Å². The lowest BCUT2D eigenvalue weighted by Gasteiger charge is -2.40. The normalized spacial score (nSPS) is 46.2. The molecule has 19 nitrogen and oxygen atoms in total. The SMILES string of the molecule is C.CO[C@@H]1C(C)O[C@H](C)C(O)[C@H]1O.CO[C@@H]1C(CO)O[C@H](C)C(O)[C@H]1O.CO[C@@H]1C(CO)O[C@H](C)C(O)[C@H]1O.CO[C@H]1C(CO)O[C@H](C)C(O)[C@H]1O. The van der Waals surface area contributed by atoms with Crippen molar-refractivity contribution in [3.05, 3.63) is 0 Å². The van der Waals surface area contributed by atoms with Crippen LogP contribution in [0.15, 0.2) is 0 Å². The van der Waals surface area contributed by atoms with E-state index in [0.717, 1.165) is 0 Å². The van der Waals surface area contributed by atoms with E-state index in [1.165, 1.54) is 28.4 Å². The highest BCUT2D eigenvalue weighted by atomic mass is 16.6. The van der Waals surface area contributed by atoms with E-state index in [4.69, 9.17) is 53.2 Å². The second kappa shape index (κ2) is 24.7. The monoisotopic (exact) mass is 768 g/mol. The van der Waals surface area contributed by atoms with Gasteiger partial charge in [-0.3, -0.25) is 0 Å². The van der Waals surface area contributed by atoms with Crippen molar-refractivity contribution in [3.63, 3.8) is 0 Å². The number of aliphatic hydroxyl groups is 11. The first-order valence-corrected chi connectivity index (χ1v) is 16.9. The van der Waals surface area contributed by atoms with Gasteiger partial charge in [0.1, 0.15) is 91.6 Å². The summed E-state index contributed by atoms with van der Waals surface area (Å²) in [5.41, 5.74) is 0. The Kier molecular flexibility index (Phi) is 24.3. The zero-order valence-electron chi connectivity index (χ0n) is 30.9. The molecular formula is C33H68O19. The number of methoxy groups -OCH3 is 4. The molecule has 20 atom stereocenters. The molecule has 8 unspecified atom stereocenters. The van der Waals surface area contributed by atoms with Crippen molar-refractivity contribution in [1.29, 1.82) is 0 Å². The maximum atomic E-state index is 9.54. The molecule has 0 aromatic heterocycles. The summed E-state index contributed by atoms with van der Waals surface area (Å²) in [5, 5.41) is 103. The van der Waals surface area contributed by atoms with E-state index >= 15 is 0 Å². The van der Waals surface area contributed by atoms with E-state index in [0.29, 0.717) is 0 Å². The maximum absolute atomic E-state index is 9.54. The summed E-state index contributed by atoms with van der Waals surface area (Å²) in [6.07, 6.45) is -13.8. The summed E-state index contributed by atoms with van der Waals surface area (Å²) in [5.74, 6) is 0. The predicted octanol–water partition coefficient (Wildman–Crippen LogP) is -4.33. The van der Waals surface area contributed by atoms with Crippen molar-refractivity contribution in [2.45, 2.75) is 164 Å². The van der Waals surface area contributed by atoms with Gasteiger partial charge in [-0.05, 0) is 34.6 Å². The molecule has 0 amide bonds. The molecule has 4 aliphatic heterocycles. The Morgan fingerprint density at radius 3 is 0.769 bits per heavy atom. The molecule has 0 aliphatic carbocycles. The van der Waals surface area contributed by atoms with Gasteiger partial charge in [0.25, 0.3) is 0 Å². The molecule has 4 rings (SSSR count). The zero-order chi connectivity index (χ0) is 39.3. The van der Waals surface area contributed by atoms with Gasteiger partial charge in [-0.2, -0.15) is 0 Å². The molecule has 4 heterocycles. The zero-order valence-corrected chi connectivity index (χ0v) is 30.9. The second-order valence-corrected chi connectivity index (χ2v) is 13.0. The average Bonchev–Trinajstić information content (AvgIpc) is 3.11. The Morgan fingerprint density at radius 1 is 0.346 bits per heavy atom. The highest BCUT2D eigenvalue weighted by Gasteiger charge is 2.45. The predicted molar refractivity (Wildman–Crippen MR) is 182 cm³/mol. The van der Waals surface area contributed by atoms with E-state index in [2.05, 4.69) is 0 Å². The van der Waals surface area contributed by atoms with Gasteiger partial charge in [0.15, 0.2) is 0 Å². The summed E-state index contributed by atoms with van der Waals surface area (Å²) in [6.45, 7) is 7.79. The van der Waals surface area contributed by atoms with Gasteiger partial charge in [0.2, 0.25) is 0 Å². The van der Waals surface area contributed by atoms with Gasteiger partial charge in [0, 0.05) is 28.4 Å². The number of hydrogen-bond donors (Lipinski definition) is 11. The molecule has 0 bridgehead atoms. The smallest absolute Gasteiger partial charge is 0.114 e.